The summed E-state index contributed by atoms with van der Waals surface area (Å²) in [5.74, 6) is 0.753. The van der Waals surface area contributed by atoms with Gasteiger partial charge >= 0.3 is 0 Å². The number of rotatable bonds is 7. The summed E-state index contributed by atoms with van der Waals surface area (Å²) in [4.78, 5) is 12.6. The van der Waals surface area contributed by atoms with Crippen LogP contribution in [0.5, 0.6) is 0 Å². The van der Waals surface area contributed by atoms with E-state index >= 15 is 0 Å². The van der Waals surface area contributed by atoms with E-state index in [2.05, 4.69) is 31.5 Å². The monoisotopic (exact) mass is 404 g/mol. The predicted molar refractivity (Wildman–Crippen MR) is 110 cm³/mol. The minimum absolute atomic E-state index is 0.131. The Balaban J connectivity index is 1.72. The van der Waals surface area contributed by atoms with Crippen molar-refractivity contribution in [2.45, 2.75) is 56.8 Å². The van der Waals surface area contributed by atoms with Gasteiger partial charge in [0.1, 0.15) is 11.9 Å². The Morgan fingerprint density at radius 2 is 2.11 bits per heavy atom. The van der Waals surface area contributed by atoms with E-state index in [0.29, 0.717) is 17.4 Å². The van der Waals surface area contributed by atoms with Crippen LogP contribution in [-0.2, 0) is 4.79 Å². The van der Waals surface area contributed by atoms with Crippen molar-refractivity contribution in [2.24, 2.45) is 0 Å². The highest BCUT2D eigenvalue weighted by atomic mass is 32.2. The Morgan fingerprint density at radius 1 is 1.37 bits per heavy atom. The van der Waals surface area contributed by atoms with E-state index in [9.17, 15) is 10.1 Å². The van der Waals surface area contributed by atoms with Crippen LogP contribution >= 0.6 is 23.1 Å². The first-order chi connectivity index (χ1) is 13.0. The number of carbonyl (C=O) groups is 1. The summed E-state index contributed by atoms with van der Waals surface area (Å²) in [6.07, 6.45) is 4.57. The maximum Gasteiger partial charge on any atom is 0.235 e. The van der Waals surface area contributed by atoms with E-state index in [0.717, 1.165) is 40.1 Å². The maximum absolute atomic E-state index is 12.6. The maximum atomic E-state index is 12.6. The molecule has 2 aromatic rings. The van der Waals surface area contributed by atoms with Crippen molar-refractivity contribution < 1.29 is 4.79 Å². The van der Waals surface area contributed by atoms with Gasteiger partial charge in [-0.3, -0.25) is 4.79 Å². The summed E-state index contributed by atoms with van der Waals surface area (Å²) in [5, 5.41) is 24.6. The van der Waals surface area contributed by atoms with E-state index in [-0.39, 0.29) is 11.7 Å². The van der Waals surface area contributed by atoms with Crippen molar-refractivity contribution in [3.05, 3.63) is 16.8 Å². The van der Waals surface area contributed by atoms with Gasteiger partial charge in [0.15, 0.2) is 4.34 Å². The van der Waals surface area contributed by atoms with Gasteiger partial charge in [-0.2, -0.15) is 5.26 Å². The summed E-state index contributed by atoms with van der Waals surface area (Å²) < 4.78 is 2.91. The second-order valence-corrected chi connectivity index (χ2v) is 8.79. The van der Waals surface area contributed by atoms with Gasteiger partial charge in [-0.15, -0.1) is 10.2 Å². The highest BCUT2D eigenvalue weighted by Crippen LogP contribution is 2.37. The fraction of sp³-hybridized carbons (Fsp3) is 0.556. The molecule has 9 heteroatoms. The van der Waals surface area contributed by atoms with Crippen LogP contribution < -0.4 is 10.6 Å². The molecule has 0 atom stereocenters. The first-order valence-electron chi connectivity index (χ1n) is 9.16. The van der Waals surface area contributed by atoms with Gasteiger partial charge in [0.25, 0.3) is 0 Å². The van der Waals surface area contributed by atoms with Crippen LogP contribution in [0.25, 0.3) is 0 Å². The molecule has 0 unspecified atom stereocenters. The van der Waals surface area contributed by atoms with Crippen LogP contribution in [0.15, 0.2) is 4.34 Å². The first kappa shape index (κ1) is 19.7. The number of hydrogen-bond donors (Lipinski definition) is 2. The van der Waals surface area contributed by atoms with Crippen LogP contribution in [0.1, 0.15) is 55.5 Å². The van der Waals surface area contributed by atoms with Crippen molar-refractivity contribution in [3.8, 4) is 6.07 Å². The smallest absolute Gasteiger partial charge is 0.235 e. The number of hydrogen-bond acceptors (Lipinski definition) is 7. The number of nitrogens with zero attached hydrogens (tertiary/aromatic N) is 4. The van der Waals surface area contributed by atoms with Gasteiger partial charge in [-0.1, -0.05) is 35.9 Å². The quantitative estimate of drug-likeness (QED) is 0.674. The lowest BCUT2D eigenvalue weighted by molar-refractivity contribution is -0.113. The molecule has 1 aliphatic carbocycles. The third kappa shape index (κ3) is 4.28. The second-order valence-electron chi connectivity index (χ2n) is 6.59. The minimum Gasteiger partial charge on any atom is -0.360 e. The Hall–Kier alpha value is -2.05. The average molecular weight is 405 g/mol. The van der Waals surface area contributed by atoms with E-state index in [1.807, 2.05) is 20.8 Å². The summed E-state index contributed by atoms with van der Waals surface area (Å²) >= 11 is 2.79. The normalized spacial score (nSPS) is 14.3. The van der Waals surface area contributed by atoms with Crippen molar-refractivity contribution >= 4 is 40.0 Å². The van der Waals surface area contributed by atoms with E-state index in [1.165, 1.54) is 35.9 Å². The molecule has 1 aliphatic rings. The van der Waals surface area contributed by atoms with Gasteiger partial charge < -0.3 is 15.2 Å². The van der Waals surface area contributed by atoms with Gasteiger partial charge in [0, 0.05) is 18.3 Å². The molecule has 144 valence electrons. The van der Waals surface area contributed by atoms with Crippen LogP contribution in [0, 0.1) is 25.2 Å². The molecule has 1 amide bonds. The largest absolute Gasteiger partial charge is 0.360 e. The number of nitrogens with one attached hydrogen (secondary N) is 2. The van der Waals surface area contributed by atoms with Crippen LogP contribution in [0.3, 0.4) is 0 Å². The van der Waals surface area contributed by atoms with Gasteiger partial charge in [0.05, 0.1) is 11.3 Å². The molecule has 1 fully saturated rings. The molecule has 1 saturated carbocycles. The molecule has 0 radical (unpaired) electrons. The van der Waals surface area contributed by atoms with Crippen LogP contribution in [0.2, 0.25) is 0 Å². The topological polar surface area (TPSA) is 95.6 Å². The number of aromatic nitrogens is 3. The third-order valence-electron chi connectivity index (χ3n) is 4.88. The first-order valence-corrected chi connectivity index (χ1v) is 11.0. The molecular formula is C18H24N6OS2. The Kier molecular flexibility index (Phi) is 6.39. The van der Waals surface area contributed by atoms with Crippen molar-refractivity contribution in [1.82, 2.24) is 14.8 Å². The zero-order valence-electron chi connectivity index (χ0n) is 15.8. The summed E-state index contributed by atoms with van der Waals surface area (Å²) in [7, 11) is 0. The molecule has 0 bridgehead atoms. The highest BCUT2D eigenvalue weighted by Gasteiger charge is 2.26. The fourth-order valence-corrected chi connectivity index (χ4v) is 5.11. The zero-order valence-corrected chi connectivity index (χ0v) is 17.5. The zero-order chi connectivity index (χ0) is 19.4. The molecule has 3 rings (SSSR count). The molecular weight excluding hydrogens is 380 g/mol. The van der Waals surface area contributed by atoms with Crippen molar-refractivity contribution in [1.29, 1.82) is 5.26 Å². The SMILES string of the molecule is CCNc1nnc(SCC(=O)Nc2c(C#N)c(C)c(C)n2C2CCCC2)s1. The molecule has 2 aromatic heterocycles. The Bertz CT molecular complexity index is 860. The molecule has 0 aliphatic heterocycles. The average Bonchev–Trinajstić information content (AvgIpc) is 3.36. The van der Waals surface area contributed by atoms with Crippen molar-refractivity contribution in [3.63, 3.8) is 0 Å². The number of anilines is 2. The fourth-order valence-electron chi connectivity index (χ4n) is 3.49. The summed E-state index contributed by atoms with van der Waals surface area (Å²) in [5.41, 5.74) is 2.59. The minimum atomic E-state index is -0.131. The molecule has 27 heavy (non-hydrogen) atoms. The van der Waals surface area contributed by atoms with Gasteiger partial charge in [-0.05, 0) is 39.2 Å². The van der Waals surface area contributed by atoms with E-state index in [1.54, 1.807) is 0 Å². The molecule has 0 aromatic carbocycles. The number of amides is 1. The third-order valence-corrected chi connectivity index (χ3v) is 6.89. The standard InChI is InChI=1S/C18H24N6OS2/c1-4-20-17-22-23-18(27-17)26-10-15(25)21-16-14(9-19)11(2)12(3)24(16)13-7-5-6-8-13/h13H,4-8,10H2,1-3H3,(H,20,22)(H,21,25). The Labute approximate surface area is 167 Å². The Morgan fingerprint density at radius 3 is 2.78 bits per heavy atom. The molecule has 2 heterocycles. The summed E-state index contributed by atoms with van der Waals surface area (Å²) in [6, 6.07) is 2.63. The lowest BCUT2D eigenvalue weighted by Gasteiger charge is -2.19. The number of nitriles is 1. The predicted octanol–water partition coefficient (Wildman–Crippen LogP) is 4.11. The van der Waals surface area contributed by atoms with Gasteiger partial charge in [0.2, 0.25) is 11.0 Å². The van der Waals surface area contributed by atoms with Crippen LogP contribution in [0.4, 0.5) is 10.9 Å². The highest BCUT2D eigenvalue weighted by molar-refractivity contribution is 8.01. The molecule has 0 spiro atoms. The molecule has 2 N–H and O–H groups in total. The lowest BCUT2D eigenvalue weighted by Crippen LogP contribution is -2.19. The van der Waals surface area contributed by atoms with Crippen molar-refractivity contribution in [2.75, 3.05) is 22.9 Å². The van der Waals surface area contributed by atoms with Crippen LogP contribution in [-0.4, -0.2) is 33.0 Å². The van der Waals surface area contributed by atoms with E-state index in [4.69, 9.17) is 0 Å². The lowest BCUT2D eigenvalue weighted by atomic mass is 10.2. The number of carbonyl (C=O) groups excluding carboxylic acids is 1. The second kappa shape index (κ2) is 8.76. The number of thioether (sulfide) groups is 1. The van der Waals surface area contributed by atoms with E-state index < -0.39 is 0 Å². The van der Waals surface area contributed by atoms with Gasteiger partial charge in [-0.25, -0.2) is 0 Å². The molecule has 7 nitrogen and oxygen atoms in total. The summed E-state index contributed by atoms with van der Waals surface area (Å²) in [6.45, 7) is 6.76. The molecule has 0 saturated heterocycles.